The molecule has 17 heavy (non-hydrogen) atoms. The first-order chi connectivity index (χ1) is 8.27. The number of hydrogen-bond acceptors (Lipinski definition) is 4. The highest BCUT2D eigenvalue weighted by atomic mass is 16.1. The van der Waals surface area contributed by atoms with Gasteiger partial charge in [-0.15, -0.1) is 5.10 Å². The Morgan fingerprint density at radius 2 is 2.18 bits per heavy atom. The van der Waals surface area contributed by atoms with Crippen LogP contribution in [-0.2, 0) is 0 Å². The number of nitrogens with one attached hydrogen (secondary N) is 1. The Morgan fingerprint density at radius 3 is 2.88 bits per heavy atom. The average molecular weight is 228 g/mol. The number of aromatic nitrogens is 5. The fourth-order valence-electron chi connectivity index (χ4n) is 1.80. The van der Waals surface area contributed by atoms with Crippen LogP contribution in [0.1, 0.15) is 10.5 Å². The fraction of sp³-hybridized carbons (Fsp3) is 0. The van der Waals surface area contributed by atoms with E-state index in [2.05, 4.69) is 20.6 Å². The van der Waals surface area contributed by atoms with Crippen LogP contribution in [0, 0.1) is 0 Å². The molecule has 0 fully saturated rings. The average Bonchev–Trinajstić information content (AvgIpc) is 2.94. The topological polar surface area (TPSA) is 102 Å². The minimum atomic E-state index is -0.536. The summed E-state index contributed by atoms with van der Waals surface area (Å²) in [6, 6.07) is 9.20. The van der Waals surface area contributed by atoms with Crippen molar-refractivity contribution in [3.05, 3.63) is 36.0 Å². The van der Waals surface area contributed by atoms with Crippen LogP contribution >= 0.6 is 0 Å². The summed E-state index contributed by atoms with van der Waals surface area (Å²) in [6.45, 7) is 0. The summed E-state index contributed by atoms with van der Waals surface area (Å²) in [5.41, 5.74) is 6.47. The molecule has 2 aromatic heterocycles. The summed E-state index contributed by atoms with van der Waals surface area (Å²) in [5.74, 6) is -0.244. The number of benzene rings is 1. The van der Waals surface area contributed by atoms with Crippen LogP contribution < -0.4 is 5.73 Å². The standard InChI is InChI=1S/C10H8N6O/c11-9(17)8-5-6-3-1-2-4-7(6)16(8)10-12-14-15-13-10/h1-5H,(H2,11,17)(H,12,13,14,15). The summed E-state index contributed by atoms with van der Waals surface area (Å²) in [4.78, 5) is 11.4. The number of aromatic amines is 1. The predicted molar refractivity (Wildman–Crippen MR) is 59.5 cm³/mol. The Balaban J connectivity index is 2.40. The lowest BCUT2D eigenvalue weighted by Gasteiger charge is -2.01. The Labute approximate surface area is 95.2 Å². The molecule has 7 nitrogen and oxygen atoms in total. The van der Waals surface area contributed by atoms with Crippen molar-refractivity contribution in [1.29, 1.82) is 0 Å². The quantitative estimate of drug-likeness (QED) is 0.655. The lowest BCUT2D eigenvalue weighted by molar-refractivity contribution is 0.0994. The minimum absolute atomic E-state index is 0.292. The normalized spacial score (nSPS) is 10.8. The van der Waals surface area contributed by atoms with E-state index in [4.69, 9.17) is 5.73 Å². The molecule has 0 unspecified atom stereocenters. The molecule has 7 heteroatoms. The van der Waals surface area contributed by atoms with E-state index in [0.29, 0.717) is 11.6 Å². The Hall–Kier alpha value is -2.70. The minimum Gasteiger partial charge on any atom is -0.364 e. The number of para-hydroxylation sites is 1. The number of nitrogens with two attached hydrogens (primary N) is 1. The van der Waals surface area contributed by atoms with Gasteiger partial charge in [-0.25, -0.2) is 0 Å². The van der Waals surface area contributed by atoms with Gasteiger partial charge in [0.15, 0.2) is 0 Å². The Bertz CT molecular complexity index is 684. The lowest BCUT2D eigenvalue weighted by atomic mass is 10.2. The van der Waals surface area contributed by atoms with Crippen LogP contribution in [0.25, 0.3) is 16.9 Å². The Morgan fingerprint density at radius 1 is 1.35 bits per heavy atom. The smallest absolute Gasteiger partial charge is 0.274 e. The van der Waals surface area contributed by atoms with Gasteiger partial charge < -0.3 is 5.73 Å². The number of amides is 1. The molecule has 1 aromatic carbocycles. The third kappa shape index (κ3) is 1.36. The predicted octanol–water partition coefficient (Wildman–Crippen LogP) is 0.242. The number of H-pyrrole nitrogens is 1. The largest absolute Gasteiger partial charge is 0.364 e. The highest BCUT2D eigenvalue weighted by molar-refractivity contribution is 5.98. The number of carbonyl (C=O) groups is 1. The number of hydrogen-bond donors (Lipinski definition) is 2. The molecule has 3 aromatic rings. The molecular weight excluding hydrogens is 220 g/mol. The molecule has 3 N–H and O–H groups in total. The number of tetrazole rings is 1. The van der Waals surface area contributed by atoms with Gasteiger partial charge >= 0.3 is 0 Å². The van der Waals surface area contributed by atoms with Crippen molar-refractivity contribution in [2.24, 2.45) is 5.73 Å². The van der Waals surface area contributed by atoms with Crippen LogP contribution in [0.4, 0.5) is 0 Å². The summed E-state index contributed by atoms with van der Waals surface area (Å²) >= 11 is 0. The highest BCUT2D eigenvalue weighted by Gasteiger charge is 2.16. The van der Waals surface area contributed by atoms with Gasteiger partial charge in [-0.2, -0.15) is 5.21 Å². The number of nitrogens with zero attached hydrogens (tertiary/aromatic N) is 4. The van der Waals surface area contributed by atoms with E-state index in [1.807, 2.05) is 24.3 Å². The van der Waals surface area contributed by atoms with Crippen LogP contribution in [0.2, 0.25) is 0 Å². The molecule has 3 rings (SSSR count). The Kier molecular flexibility index (Phi) is 1.91. The van der Waals surface area contributed by atoms with E-state index in [9.17, 15) is 4.79 Å². The molecule has 2 heterocycles. The van der Waals surface area contributed by atoms with E-state index in [1.165, 1.54) is 0 Å². The zero-order chi connectivity index (χ0) is 11.8. The molecular formula is C10H8N6O. The van der Waals surface area contributed by atoms with Crippen LogP contribution in [-0.4, -0.2) is 31.1 Å². The van der Waals surface area contributed by atoms with Crippen molar-refractivity contribution in [2.45, 2.75) is 0 Å². The summed E-state index contributed by atoms with van der Waals surface area (Å²) in [5, 5.41) is 14.4. The lowest BCUT2D eigenvalue weighted by Crippen LogP contribution is -2.16. The van der Waals surface area contributed by atoms with E-state index >= 15 is 0 Å². The molecule has 0 bridgehead atoms. The van der Waals surface area contributed by atoms with E-state index in [1.54, 1.807) is 10.6 Å². The zero-order valence-electron chi connectivity index (χ0n) is 8.66. The molecule has 0 spiro atoms. The molecule has 0 radical (unpaired) electrons. The van der Waals surface area contributed by atoms with Gasteiger partial charge in [0.25, 0.3) is 11.9 Å². The van der Waals surface area contributed by atoms with E-state index < -0.39 is 5.91 Å². The maximum absolute atomic E-state index is 11.4. The highest BCUT2D eigenvalue weighted by Crippen LogP contribution is 2.21. The molecule has 0 atom stereocenters. The van der Waals surface area contributed by atoms with Crippen molar-refractivity contribution >= 4 is 16.8 Å². The molecule has 0 saturated carbocycles. The van der Waals surface area contributed by atoms with Gasteiger partial charge in [0.1, 0.15) is 5.69 Å². The molecule has 0 saturated heterocycles. The van der Waals surface area contributed by atoms with Gasteiger partial charge in [0.05, 0.1) is 5.52 Å². The van der Waals surface area contributed by atoms with Crippen molar-refractivity contribution in [3.8, 4) is 5.95 Å². The van der Waals surface area contributed by atoms with Crippen molar-refractivity contribution in [1.82, 2.24) is 25.2 Å². The monoisotopic (exact) mass is 228 g/mol. The van der Waals surface area contributed by atoms with Gasteiger partial charge in [-0.1, -0.05) is 23.3 Å². The van der Waals surface area contributed by atoms with Gasteiger partial charge in [0, 0.05) is 5.39 Å². The van der Waals surface area contributed by atoms with Gasteiger partial charge in [0.2, 0.25) is 0 Å². The molecule has 1 amide bonds. The van der Waals surface area contributed by atoms with Crippen molar-refractivity contribution < 1.29 is 4.79 Å². The second-order valence-corrected chi connectivity index (χ2v) is 3.50. The molecule has 0 aliphatic rings. The van der Waals surface area contributed by atoms with Gasteiger partial charge in [-0.3, -0.25) is 9.36 Å². The van der Waals surface area contributed by atoms with Crippen LogP contribution in [0.5, 0.6) is 0 Å². The summed E-state index contributed by atoms with van der Waals surface area (Å²) in [6.07, 6.45) is 0. The first-order valence-corrected chi connectivity index (χ1v) is 4.91. The van der Waals surface area contributed by atoms with E-state index in [-0.39, 0.29) is 0 Å². The second kappa shape index (κ2) is 3.41. The van der Waals surface area contributed by atoms with Gasteiger partial charge in [-0.05, 0) is 17.3 Å². The van der Waals surface area contributed by atoms with Crippen molar-refractivity contribution in [2.75, 3.05) is 0 Å². The summed E-state index contributed by atoms with van der Waals surface area (Å²) in [7, 11) is 0. The number of carbonyl (C=O) groups excluding carboxylic acids is 1. The number of fused-ring (bicyclic) bond motifs is 1. The number of rotatable bonds is 2. The maximum Gasteiger partial charge on any atom is 0.274 e. The first-order valence-electron chi connectivity index (χ1n) is 4.91. The second-order valence-electron chi connectivity index (χ2n) is 3.50. The fourth-order valence-corrected chi connectivity index (χ4v) is 1.80. The SMILES string of the molecule is NC(=O)c1cc2ccccc2n1-c1nn[nH]n1. The third-order valence-corrected chi connectivity index (χ3v) is 2.50. The molecule has 0 aliphatic carbocycles. The number of primary amides is 1. The summed E-state index contributed by atoms with van der Waals surface area (Å²) < 4.78 is 1.57. The molecule has 84 valence electrons. The zero-order valence-corrected chi connectivity index (χ0v) is 8.66. The first kappa shape index (κ1) is 9.52. The van der Waals surface area contributed by atoms with Crippen LogP contribution in [0.15, 0.2) is 30.3 Å². The maximum atomic E-state index is 11.4. The van der Waals surface area contributed by atoms with E-state index in [0.717, 1.165) is 10.9 Å². The molecule has 0 aliphatic heterocycles. The van der Waals surface area contributed by atoms with Crippen molar-refractivity contribution in [3.63, 3.8) is 0 Å². The third-order valence-electron chi connectivity index (χ3n) is 2.50. The van der Waals surface area contributed by atoms with Crippen LogP contribution in [0.3, 0.4) is 0 Å².